The lowest BCUT2D eigenvalue weighted by molar-refractivity contribution is -0.127. The van der Waals surface area contributed by atoms with E-state index in [4.69, 9.17) is 0 Å². The van der Waals surface area contributed by atoms with Gasteiger partial charge in [0, 0.05) is 25.4 Å². The monoisotopic (exact) mass is 271 g/mol. The molecule has 5 nitrogen and oxygen atoms in total. The quantitative estimate of drug-likeness (QED) is 0.835. The molecule has 0 aromatic heterocycles. The molecule has 1 unspecified atom stereocenters. The molecule has 0 spiro atoms. The lowest BCUT2D eigenvalue weighted by Gasteiger charge is -2.35. The van der Waals surface area contributed by atoms with Crippen molar-refractivity contribution >= 4 is 17.5 Å². The first-order chi connectivity index (χ1) is 9.65. The second-order valence-corrected chi connectivity index (χ2v) is 5.35. The van der Waals surface area contributed by atoms with Crippen LogP contribution in [0.3, 0.4) is 0 Å². The van der Waals surface area contributed by atoms with Gasteiger partial charge in [0.05, 0.1) is 0 Å². The minimum Gasteiger partial charge on any atom is -0.330 e. The van der Waals surface area contributed by atoms with Crippen molar-refractivity contribution in [3.8, 4) is 0 Å². The molecule has 0 aliphatic carbocycles. The Balaban J connectivity index is 1.81. The van der Waals surface area contributed by atoms with Crippen LogP contribution >= 0.6 is 0 Å². The summed E-state index contributed by atoms with van der Waals surface area (Å²) in [5, 5.41) is 3.90. The fraction of sp³-hybridized carbons (Fsp3) is 0.400. The molecule has 0 bridgehead atoms. The Bertz CT molecular complexity index is 595. The first-order valence-electron chi connectivity index (χ1n) is 6.88. The molecule has 20 heavy (non-hydrogen) atoms. The van der Waals surface area contributed by atoms with E-state index in [0.717, 1.165) is 6.42 Å². The number of benzene rings is 1. The minimum absolute atomic E-state index is 0.0630. The standard InChI is InChI=1S/C15H17N3O2/c1-10-8-11-4-2-3-5-12(11)9-18(10)15(20)13-6-7-14(19)17-16-13/h2-5,10H,6-9H2,1H3,(H,17,19). The van der Waals surface area contributed by atoms with Crippen molar-refractivity contribution in [1.82, 2.24) is 10.3 Å². The Morgan fingerprint density at radius 2 is 2.05 bits per heavy atom. The molecule has 2 heterocycles. The summed E-state index contributed by atoms with van der Waals surface area (Å²) < 4.78 is 0. The smallest absolute Gasteiger partial charge is 0.270 e. The summed E-state index contributed by atoms with van der Waals surface area (Å²) in [5.74, 6) is -0.189. The van der Waals surface area contributed by atoms with Crippen molar-refractivity contribution < 1.29 is 9.59 Å². The summed E-state index contributed by atoms with van der Waals surface area (Å²) in [6.45, 7) is 2.67. The first-order valence-corrected chi connectivity index (χ1v) is 6.88. The van der Waals surface area contributed by atoms with Gasteiger partial charge in [0.25, 0.3) is 5.91 Å². The van der Waals surface area contributed by atoms with Crippen LogP contribution in [0.2, 0.25) is 0 Å². The third-order valence-corrected chi connectivity index (χ3v) is 3.92. The number of hydrogen-bond acceptors (Lipinski definition) is 3. The molecule has 3 rings (SSSR count). The summed E-state index contributed by atoms with van der Waals surface area (Å²) in [5.41, 5.74) is 5.34. The lowest BCUT2D eigenvalue weighted by Crippen LogP contribution is -2.47. The number of carbonyl (C=O) groups excluding carboxylic acids is 2. The molecule has 1 N–H and O–H groups in total. The van der Waals surface area contributed by atoms with Crippen molar-refractivity contribution in [3.63, 3.8) is 0 Å². The number of hydrazone groups is 1. The van der Waals surface area contributed by atoms with Crippen molar-refractivity contribution in [2.75, 3.05) is 0 Å². The normalized spacial score (nSPS) is 21.9. The van der Waals surface area contributed by atoms with Crippen LogP contribution in [-0.2, 0) is 22.6 Å². The van der Waals surface area contributed by atoms with Gasteiger partial charge in [-0.25, -0.2) is 5.43 Å². The lowest BCUT2D eigenvalue weighted by atomic mass is 9.94. The van der Waals surface area contributed by atoms with Crippen LogP contribution in [0.1, 0.15) is 30.9 Å². The number of fused-ring (bicyclic) bond motifs is 1. The average Bonchev–Trinajstić information content (AvgIpc) is 2.46. The SMILES string of the molecule is CC1Cc2ccccc2CN1C(=O)C1=NNC(=O)CC1. The molecular formula is C15H17N3O2. The first kappa shape index (κ1) is 12.8. The molecule has 0 saturated heterocycles. The van der Waals surface area contributed by atoms with E-state index in [0.29, 0.717) is 25.1 Å². The number of nitrogens with zero attached hydrogens (tertiary/aromatic N) is 2. The number of hydrogen-bond donors (Lipinski definition) is 1. The Morgan fingerprint density at radius 1 is 1.30 bits per heavy atom. The minimum atomic E-state index is -0.126. The van der Waals surface area contributed by atoms with Gasteiger partial charge < -0.3 is 4.90 Å². The Hall–Kier alpha value is -2.17. The van der Waals surface area contributed by atoms with Crippen molar-refractivity contribution in [2.24, 2.45) is 5.10 Å². The van der Waals surface area contributed by atoms with E-state index in [-0.39, 0.29) is 17.9 Å². The number of rotatable bonds is 1. The predicted octanol–water partition coefficient (Wildman–Crippen LogP) is 1.23. The molecule has 5 heteroatoms. The van der Waals surface area contributed by atoms with Crippen LogP contribution in [0.15, 0.2) is 29.4 Å². The molecule has 0 saturated carbocycles. The van der Waals surface area contributed by atoms with Gasteiger partial charge >= 0.3 is 0 Å². The second kappa shape index (κ2) is 5.07. The largest absolute Gasteiger partial charge is 0.330 e. The van der Waals surface area contributed by atoms with Gasteiger partial charge in [0.1, 0.15) is 5.71 Å². The number of carbonyl (C=O) groups is 2. The topological polar surface area (TPSA) is 61.8 Å². The average molecular weight is 271 g/mol. The number of amides is 2. The molecule has 0 fully saturated rings. The molecule has 1 aromatic carbocycles. The highest BCUT2D eigenvalue weighted by molar-refractivity contribution is 6.39. The van der Waals surface area contributed by atoms with Crippen LogP contribution in [0.25, 0.3) is 0 Å². The van der Waals surface area contributed by atoms with Crippen LogP contribution < -0.4 is 5.43 Å². The van der Waals surface area contributed by atoms with Crippen LogP contribution in [0.5, 0.6) is 0 Å². The van der Waals surface area contributed by atoms with E-state index in [1.54, 1.807) is 0 Å². The Kier molecular flexibility index (Phi) is 3.26. The van der Waals surface area contributed by atoms with Crippen molar-refractivity contribution in [1.29, 1.82) is 0 Å². The zero-order valence-corrected chi connectivity index (χ0v) is 11.4. The van der Waals surface area contributed by atoms with Gasteiger partial charge in [0.15, 0.2) is 0 Å². The summed E-state index contributed by atoms with van der Waals surface area (Å²) in [6.07, 6.45) is 1.63. The van der Waals surface area contributed by atoms with E-state index in [9.17, 15) is 9.59 Å². The van der Waals surface area contributed by atoms with Crippen molar-refractivity contribution in [3.05, 3.63) is 35.4 Å². The van der Waals surface area contributed by atoms with Crippen LogP contribution in [0, 0.1) is 0 Å². The fourth-order valence-electron chi connectivity index (χ4n) is 2.74. The van der Waals surface area contributed by atoms with Crippen LogP contribution in [-0.4, -0.2) is 28.5 Å². The molecule has 2 aliphatic rings. The van der Waals surface area contributed by atoms with Gasteiger partial charge in [-0.2, -0.15) is 5.10 Å². The fourth-order valence-corrected chi connectivity index (χ4v) is 2.74. The summed E-state index contributed by atoms with van der Waals surface area (Å²) >= 11 is 0. The van der Waals surface area contributed by atoms with E-state index in [1.807, 2.05) is 17.0 Å². The molecule has 2 aliphatic heterocycles. The molecule has 0 radical (unpaired) electrons. The van der Waals surface area contributed by atoms with E-state index >= 15 is 0 Å². The molecular weight excluding hydrogens is 254 g/mol. The van der Waals surface area contributed by atoms with Crippen LogP contribution in [0.4, 0.5) is 0 Å². The molecule has 2 amide bonds. The summed E-state index contributed by atoms with van der Waals surface area (Å²) in [4.78, 5) is 25.5. The van der Waals surface area contributed by atoms with Gasteiger partial charge in [-0.15, -0.1) is 0 Å². The van der Waals surface area contributed by atoms with E-state index < -0.39 is 0 Å². The van der Waals surface area contributed by atoms with Crippen molar-refractivity contribution in [2.45, 2.75) is 38.8 Å². The van der Waals surface area contributed by atoms with Gasteiger partial charge in [0.2, 0.25) is 5.91 Å². The maximum atomic E-state index is 12.5. The highest BCUT2D eigenvalue weighted by atomic mass is 16.2. The third-order valence-electron chi connectivity index (χ3n) is 3.92. The zero-order valence-electron chi connectivity index (χ0n) is 11.4. The summed E-state index contributed by atoms with van der Waals surface area (Å²) in [6, 6.07) is 8.36. The maximum Gasteiger partial charge on any atom is 0.270 e. The molecule has 1 aromatic rings. The van der Waals surface area contributed by atoms with Gasteiger partial charge in [-0.3, -0.25) is 9.59 Å². The van der Waals surface area contributed by atoms with E-state index in [2.05, 4.69) is 29.6 Å². The highest BCUT2D eigenvalue weighted by Gasteiger charge is 2.30. The Labute approximate surface area is 117 Å². The third kappa shape index (κ3) is 2.31. The highest BCUT2D eigenvalue weighted by Crippen LogP contribution is 2.23. The van der Waals surface area contributed by atoms with Gasteiger partial charge in [-0.1, -0.05) is 24.3 Å². The maximum absolute atomic E-state index is 12.5. The zero-order chi connectivity index (χ0) is 14.1. The van der Waals surface area contributed by atoms with E-state index in [1.165, 1.54) is 11.1 Å². The predicted molar refractivity (Wildman–Crippen MR) is 75.0 cm³/mol. The second-order valence-electron chi connectivity index (χ2n) is 5.35. The molecule has 104 valence electrons. The van der Waals surface area contributed by atoms with Gasteiger partial charge in [-0.05, 0) is 24.5 Å². The molecule has 1 atom stereocenters. The summed E-state index contributed by atoms with van der Waals surface area (Å²) in [7, 11) is 0. The Morgan fingerprint density at radius 3 is 2.75 bits per heavy atom. The number of nitrogens with one attached hydrogen (secondary N) is 1.